The molecule has 4 fully saturated rings. The Morgan fingerprint density at radius 2 is 1.63 bits per heavy atom. The van der Waals surface area contributed by atoms with Crippen molar-refractivity contribution in [3.05, 3.63) is 10.0 Å². The smallest absolute Gasteiger partial charge is 0.122 e. The van der Waals surface area contributed by atoms with Gasteiger partial charge in [0.05, 0.1) is 0 Å². The highest BCUT2D eigenvalue weighted by Gasteiger charge is 2.50. The molecule has 0 aromatic carbocycles. The summed E-state index contributed by atoms with van der Waals surface area (Å²) in [5.41, 5.74) is 0. The van der Waals surface area contributed by atoms with Crippen LogP contribution in [0.15, 0.2) is 0 Å². The Hall–Kier alpha value is -0.190. The van der Waals surface area contributed by atoms with Crippen molar-refractivity contribution in [1.82, 2.24) is 15.1 Å². The van der Waals surface area contributed by atoms with Crippen molar-refractivity contribution in [2.24, 2.45) is 11.8 Å². The van der Waals surface area contributed by atoms with Gasteiger partial charge in [0.1, 0.15) is 10.0 Å². The second-order valence-corrected chi connectivity index (χ2v) is 11.4. The van der Waals surface area contributed by atoms with Crippen molar-refractivity contribution in [1.29, 1.82) is 0 Å². The lowest BCUT2D eigenvalue weighted by Crippen LogP contribution is -2.47. The second-order valence-electron chi connectivity index (χ2n) is 9.71. The molecular formula is C22H34ClN3S. The van der Waals surface area contributed by atoms with Crippen LogP contribution in [0.3, 0.4) is 0 Å². The molecule has 0 N–H and O–H groups in total. The maximum atomic E-state index is 6.43. The molecular weight excluding hydrogens is 374 g/mol. The molecule has 1 aromatic heterocycles. The Balaban J connectivity index is 1.41. The Bertz CT molecular complexity index is 635. The predicted molar refractivity (Wildman–Crippen MR) is 113 cm³/mol. The molecule has 0 spiro atoms. The number of alkyl halides is 1. The van der Waals surface area contributed by atoms with Gasteiger partial charge in [-0.3, -0.25) is 4.90 Å². The van der Waals surface area contributed by atoms with Crippen LogP contribution in [0, 0.1) is 11.8 Å². The van der Waals surface area contributed by atoms with Gasteiger partial charge in [0.15, 0.2) is 0 Å². The number of hydrogen-bond acceptors (Lipinski definition) is 4. The number of likely N-dealkylation sites (N-methyl/N-ethyl adjacent to an activating group) is 1. The number of piperidine rings is 1. The molecule has 0 amide bonds. The van der Waals surface area contributed by atoms with Gasteiger partial charge in [0.2, 0.25) is 0 Å². The summed E-state index contributed by atoms with van der Waals surface area (Å²) in [5, 5.41) is 12.7. The van der Waals surface area contributed by atoms with Crippen molar-refractivity contribution in [3.63, 3.8) is 0 Å². The van der Waals surface area contributed by atoms with Gasteiger partial charge >= 0.3 is 0 Å². The molecule has 2 bridgehead atoms. The fraction of sp³-hybridized carbons (Fsp3) is 0.909. The number of hydrogen-bond donors (Lipinski definition) is 0. The van der Waals surface area contributed by atoms with Crippen molar-refractivity contribution in [3.8, 4) is 0 Å². The molecule has 5 heteroatoms. The average molecular weight is 408 g/mol. The van der Waals surface area contributed by atoms with Crippen LogP contribution in [0.4, 0.5) is 0 Å². The van der Waals surface area contributed by atoms with E-state index in [0.717, 1.165) is 17.9 Å². The summed E-state index contributed by atoms with van der Waals surface area (Å²) in [7, 11) is 2.37. The molecule has 2 aliphatic carbocycles. The standard InChI is InChI=1S/C22H34ClN3S/c1-26-17-11-12-19(26)20(18(13-17)14-7-9-16(23)10-8-14)22-25-24-21(27-22)15-5-3-2-4-6-15/h14-20H,2-13H2,1H3/t14?,16?,17-,18-,19?,20?/m1/s1. The molecule has 3 heterocycles. The van der Waals surface area contributed by atoms with E-state index in [9.17, 15) is 0 Å². The van der Waals surface area contributed by atoms with Crippen molar-refractivity contribution in [2.75, 3.05) is 7.05 Å². The molecule has 150 valence electrons. The van der Waals surface area contributed by atoms with E-state index < -0.39 is 0 Å². The first kappa shape index (κ1) is 18.8. The maximum Gasteiger partial charge on any atom is 0.122 e. The summed E-state index contributed by atoms with van der Waals surface area (Å²) in [5.74, 6) is 2.95. The fourth-order valence-electron chi connectivity index (χ4n) is 6.74. The Kier molecular flexibility index (Phi) is 5.51. The van der Waals surface area contributed by atoms with Gasteiger partial charge in [0, 0.05) is 29.3 Å². The third kappa shape index (κ3) is 3.59. The van der Waals surface area contributed by atoms with Crippen LogP contribution in [0.25, 0.3) is 0 Å². The predicted octanol–water partition coefficient (Wildman–Crippen LogP) is 5.95. The summed E-state index contributed by atoms with van der Waals surface area (Å²) in [6, 6.07) is 1.49. The normalized spacial score (nSPS) is 41.1. The summed E-state index contributed by atoms with van der Waals surface area (Å²) in [6.45, 7) is 0. The zero-order chi connectivity index (χ0) is 18.4. The Morgan fingerprint density at radius 3 is 2.41 bits per heavy atom. The molecule has 3 nitrogen and oxygen atoms in total. The lowest BCUT2D eigenvalue weighted by molar-refractivity contribution is 0.0630. The molecule has 4 aliphatic rings. The molecule has 2 saturated heterocycles. The lowest BCUT2D eigenvalue weighted by atomic mass is 9.68. The highest BCUT2D eigenvalue weighted by atomic mass is 35.5. The molecule has 5 rings (SSSR count). The summed E-state index contributed by atoms with van der Waals surface area (Å²) in [6.07, 6.45) is 16.0. The third-order valence-electron chi connectivity index (χ3n) is 8.32. The fourth-order valence-corrected chi connectivity index (χ4v) is 8.24. The SMILES string of the molecule is CN1C2CC[C@@H]1C[C@H](C1CCC(Cl)CC1)C2c1nnc(C2CCCCC2)s1. The van der Waals surface area contributed by atoms with E-state index in [-0.39, 0.29) is 0 Å². The van der Waals surface area contributed by atoms with Gasteiger partial charge in [-0.1, -0.05) is 19.3 Å². The highest BCUT2D eigenvalue weighted by Crippen LogP contribution is 2.52. The van der Waals surface area contributed by atoms with Crippen molar-refractivity contribution in [2.45, 2.75) is 106 Å². The molecule has 1 aromatic rings. The first-order valence-electron chi connectivity index (χ1n) is 11.4. The quantitative estimate of drug-likeness (QED) is 0.579. The maximum absolute atomic E-state index is 6.43. The zero-order valence-corrected chi connectivity index (χ0v) is 18.2. The highest BCUT2D eigenvalue weighted by molar-refractivity contribution is 7.11. The first-order chi connectivity index (χ1) is 13.2. The second kappa shape index (κ2) is 7.91. The van der Waals surface area contributed by atoms with Crippen LogP contribution in [0.5, 0.6) is 0 Å². The van der Waals surface area contributed by atoms with E-state index in [1.807, 2.05) is 11.3 Å². The van der Waals surface area contributed by atoms with E-state index in [1.165, 1.54) is 87.1 Å². The minimum atomic E-state index is 0.419. The molecule has 2 saturated carbocycles. The molecule has 4 atom stereocenters. The van der Waals surface area contributed by atoms with E-state index >= 15 is 0 Å². The van der Waals surface area contributed by atoms with Gasteiger partial charge in [-0.15, -0.1) is 33.1 Å². The van der Waals surface area contributed by atoms with Crippen LogP contribution in [-0.2, 0) is 0 Å². The summed E-state index contributed by atoms with van der Waals surface area (Å²) in [4.78, 5) is 2.69. The molecule has 0 radical (unpaired) electrons. The number of nitrogens with zero attached hydrogens (tertiary/aromatic N) is 3. The summed E-state index contributed by atoms with van der Waals surface area (Å²) >= 11 is 8.41. The van der Waals surface area contributed by atoms with Gasteiger partial charge in [0.25, 0.3) is 0 Å². The Morgan fingerprint density at radius 1 is 0.889 bits per heavy atom. The van der Waals surface area contributed by atoms with Gasteiger partial charge in [-0.25, -0.2) is 0 Å². The zero-order valence-electron chi connectivity index (χ0n) is 16.7. The summed E-state index contributed by atoms with van der Waals surface area (Å²) < 4.78 is 0. The topological polar surface area (TPSA) is 29.0 Å². The van der Waals surface area contributed by atoms with Gasteiger partial charge in [-0.2, -0.15) is 0 Å². The van der Waals surface area contributed by atoms with E-state index in [1.54, 1.807) is 0 Å². The van der Waals surface area contributed by atoms with Crippen molar-refractivity contribution >= 4 is 22.9 Å². The van der Waals surface area contributed by atoms with Crippen LogP contribution in [0.1, 0.15) is 98.9 Å². The number of aromatic nitrogens is 2. The number of rotatable bonds is 3. The monoisotopic (exact) mass is 407 g/mol. The van der Waals surface area contributed by atoms with Crippen LogP contribution >= 0.6 is 22.9 Å². The van der Waals surface area contributed by atoms with Crippen LogP contribution in [0.2, 0.25) is 0 Å². The minimum Gasteiger partial charge on any atom is -0.300 e. The minimum absolute atomic E-state index is 0.419. The van der Waals surface area contributed by atoms with E-state index in [2.05, 4.69) is 11.9 Å². The van der Waals surface area contributed by atoms with Crippen LogP contribution in [-0.4, -0.2) is 39.6 Å². The van der Waals surface area contributed by atoms with E-state index in [4.69, 9.17) is 21.8 Å². The molecule has 2 unspecified atom stereocenters. The first-order valence-corrected chi connectivity index (χ1v) is 12.7. The average Bonchev–Trinajstić information content (AvgIpc) is 3.26. The number of fused-ring (bicyclic) bond motifs is 2. The van der Waals surface area contributed by atoms with Gasteiger partial charge in [-0.05, 0) is 76.7 Å². The number of halogens is 1. The largest absolute Gasteiger partial charge is 0.300 e. The molecule has 27 heavy (non-hydrogen) atoms. The Labute approximate surface area is 173 Å². The van der Waals surface area contributed by atoms with Crippen LogP contribution < -0.4 is 0 Å². The molecule has 2 aliphatic heterocycles. The lowest BCUT2D eigenvalue weighted by Gasteiger charge is -2.46. The van der Waals surface area contributed by atoms with E-state index in [0.29, 0.717) is 23.3 Å². The van der Waals surface area contributed by atoms with Gasteiger partial charge < -0.3 is 0 Å². The van der Waals surface area contributed by atoms with Crippen molar-refractivity contribution < 1.29 is 0 Å². The third-order valence-corrected chi connectivity index (χ3v) is 9.94.